The van der Waals surface area contributed by atoms with Gasteiger partial charge in [0, 0.05) is 13.2 Å². The van der Waals surface area contributed by atoms with Gasteiger partial charge in [-0.2, -0.15) is 0 Å². The van der Waals surface area contributed by atoms with Crippen molar-refractivity contribution >= 4 is 109 Å². The zero-order valence-corrected chi connectivity index (χ0v) is 64.5. The van der Waals surface area contributed by atoms with E-state index in [4.69, 9.17) is 68.3 Å². The number of benzene rings is 4. The molecule has 0 radical (unpaired) electrons. The SMILES string of the molecule is CCC(Oc1ccc(Cc2ccc(OCCC[Si]3(C)O[SiH](C)O[SiH](C)O[SiH](C)O3)cc2)cc1)[Si]1(C)O[SiH](C)O[SiH](C)O[Si](C)(CCCOCCCCc2ccc(Cc3ccc(OCCC[Si]4(C)O[SiH](C)O[SiH](C)O[SiH](C)O4)cc3)cc2)O1. The van der Waals surface area contributed by atoms with Crippen LogP contribution in [0.3, 0.4) is 0 Å². The first-order valence-electron chi connectivity index (χ1n) is 30.0. The van der Waals surface area contributed by atoms with Gasteiger partial charge in [-0.15, -0.1) is 0 Å². The third kappa shape index (κ3) is 23.1. The molecule has 0 aromatic heterocycles. The van der Waals surface area contributed by atoms with E-state index in [9.17, 15) is 0 Å². The number of hydrogen-bond donors (Lipinski definition) is 0. The van der Waals surface area contributed by atoms with Crippen molar-refractivity contribution in [3.8, 4) is 17.2 Å². The molecule has 0 amide bonds. The van der Waals surface area contributed by atoms with Crippen LogP contribution in [-0.2, 0) is 73.4 Å². The second-order valence-corrected chi connectivity index (χ2v) is 54.6. The molecule has 0 N–H and O–H groups in total. The summed E-state index contributed by atoms with van der Waals surface area (Å²) in [5, 5.41) is 0. The maximum atomic E-state index is 7.22. The molecule has 3 heterocycles. The fourth-order valence-corrected chi connectivity index (χ4v) is 58.0. The van der Waals surface area contributed by atoms with E-state index in [-0.39, 0.29) is 5.73 Å². The third-order valence-electron chi connectivity index (χ3n) is 14.7. The number of aryl methyl sites for hydroxylation is 1. The summed E-state index contributed by atoms with van der Waals surface area (Å²) in [6.45, 7) is 30.0. The van der Waals surface area contributed by atoms with Crippen LogP contribution in [0.25, 0.3) is 0 Å². The molecule has 0 saturated carbocycles. The van der Waals surface area contributed by atoms with Crippen LogP contribution in [0.5, 0.6) is 17.2 Å². The highest BCUT2D eigenvalue weighted by Crippen LogP contribution is 2.33. The second-order valence-electron chi connectivity index (χ2n) is 22.6. The van der Waals surface area contributed by atoms with Crippen molar-refractivity contribution in [2.45, 2.75) is 167 Å². The number of hydrogen-bond acceptors (Lipinski definition) is 16. The predicted octanol–water partition coefficient (Wildman–Crippen LogP) is 9.86. The molecule has 82 heavy (non-hydrogen) atoms. The minimum absolute atomic E-state index is 0.236. The monoisotopic (exact) mass is 1340 g/mol. The van der Waals surface area contributed by atoms with Crippen LogP contribution in [-0.4, -0.2) is 141 Å². The quantitative estimate of drug-likeness (QED) is 0.0412. The molecule has 0 aliphatic carbocycles. The Morgan fingerprint density at radius 1 is 0.378 bits per heavy atom. The van der Waals surface area contributed by atoms with E-state index in [0.717, 1.165) is 99.8 Å². The van der Waals surface area contributed by atoms with Crippen molar-refractivity contribution in [2.24, 2.45) is 0 Å². The van der Waals surface area contributed by atoms with Gasteiger partial charge in [-0.1, -0.05) is 67.6 Å². The van der Waals surface area contributed by atoms with Crippen molar-refractivity contribution in [3.63, 3.8) is 0 Å². The molecule has 9 atom stereocenters. The summed E-state index contributed by atoms with van der Waals surface area (Å²) >= 11 is 0. The van der Waals surface area contributed by atoms with Gasteiger partial charge in [-0.05, 0) is 219 Å². The van der Waals surface area contributed by atoms with Crippen molar-refractivity contribution in [2.75, 3.05) is 26.4 Å². The topological polar surface area (TPSA) is 148 Å². The number of ether oxygens (including phenoxy) is 4. The van der Waals surface area contributed by atoms with E-state index in [1.165, 1.54) is 27.8 Å². The van der Waals surface area contributed by atoms with E-state index in [0.29, 0.717) is 19.8 Å². The summed E-state index contributed by atoms with van der Waals surface area (Å²) in [4.78, 5) is 0. The van der Waals surface area contributed by atoms with E-state index in [1.807, 2.05) is 0 Å². The fourth-order valence-electron chi connectivity index (χ4n) is 11.1. The van der Waals surface area contributed by atoms with E-state index in [1.54, 1.807) is 0 Å². The Hall–Kier alpha value is -1.64. The Labute approximate surface area is 509 Å². The lowest BCUT2D eigenvalue weighted by molar-refractivity contribution is 0.128. The summed E-state index contributed by atoms with van der Waals surface area (Å²) in [5.41, 5.74) is 6.09. The Bertz CT molecular complexity index is 2460. The smallest absolute Gasteiger partial charge is 0.359 e. The van der Waals surface area contributed by atoms with Gasteiger partial charge in [0.15, 0.2) is 0 Å². The molecule has 3 saturated heterocycles. The first-order valence-corrected chi connectivity index (χ1v) is 56.8. The maximum absolute atomic E-state index is 7.22. The zero-order chi connectivity index (χ0) is 58.8. The largest absolute Gasteiger partial charge is 0.494 e. The maximum Gasteiger partial charge on any atom is 0.359 e. The van der Waals surface area contributed by atoms with Crippen LogP contribution in [0.15, 0.2) is 97.1 Å². The molecule has 456 valence electrons. The minimum atomic E-state index is -2.95. The summed E-state index contributed by atoms with van der Waals surface area (Å²) in [5.74, 6) is 2.55. The van der Waals surface area contributed by atoms with Gasteiger partial charge >= 0.3 is 34.2 Å². The Morgan fingerprint density at radius 3 is 1.16 bits per heavy atom. The van der Waals surface area contributed by atoms with Crippen molar-refractivity contribution in [3.05, 3.63) is 125 Å². The van der Waals surface area contributed by atoms with E-state index in [2.05, 4.69) is 183 Å². The van der Waals surface area contributed by atoms with Crippen molar-refractivity contribution in [1.82, 2.24) is 0 Å². The molecule has 16 nitrogen and oxygen atoms in total. The molecular formula is C54H96O16Si12. The van der Waals surface area contributed by atoms with Crippen LogP contribution >= 0.6 is 0 Å². The fraction of sp³-hybridized carbons (Fsp3) is 0.556. The highest BCUT2D eigenvalue weighted by atomic mass is 28.5. The molecule has 7 rings (SSSR count). The number of unbranched alkanes of at least 4 members (excludes halogenated alkanes) is 1. The lowest BCUT2D eigenvalue weighted by Gasteiger charge is -2.45. The van der Waals surface area contributed by atoms with Crippen molar-refractivity contribution < 1.29 is 68.3 Å². The molecular weight excluding hydrogens is 1240 g/mol. The average Bonchev–Trinajstić information content (AvgIpc) is 3.32. The first-order chi connectivity index (χ1) is 39.2. The second kappa shape index (κ2) is 33.1. The summed E-state index contributed by atoms with van der Waals surface area (Å²) < 4.78 is 103. The molecule has 3 aliphatic rings. The van der Waals surface area contributed by atoms with Gasteiger partial charge in [0.2, 0.25) is 0 Å². The van der Waals surface area contributed by atoms with Gasteiger partial charge < -0.3 is 68.3 Å². The molecule has 4 aromatic carbocycles. The van der Waals surface area contributed by atoms with Gasteiger partial charge in [-0.3, -0.25) is 0 Å². The highest BCUT2D eigenvalue weighted by molar-refractivity contribution is 6.87. The van der Waals surface area contributed by atoms with Gasteiger partial charge in [0.1, 0.15) is 23.0 Å². The summed E-state index contributed by atoms with van der Waals surface area (Å²) in [7, 11) is -24.6. The van der Waals surface area contributed by atoms with E-state index < -0.39 is 109 Å². The molecule has 28 heteroatoms. The lowest BCUT2D eigenvalue weighted by Crippen LogP contribution is -2.65. The van der Waals surface area contributed by atoms with Gasteiger partial charge in [0.05, 0.1) is 13.2 Å². The molecule has 0 bridgehead atoms. The molecule has 9 unspecified atom stereocenters. The van der Waals surface area contributed by atoms with Crippen LogP contribution in [0.2, 0.25) is 96.7 Å². The van der Waals surface area contributed by atoms with Crippen LogP contribution < -0.4 is 14.2 Å². The van der Waals surface area contributed by atoms with Gasteiger partial charge in [0.25, 0.3) is 74.3 Å². The van der Waals surface area contributed by atoms with Crippen LogP contribution in [0.1, 0.15) is 73.3 Å². The Kier molecular flexibility index (Phi) is 27.4. The highest BCUT2D eigenvalue weighted by Gasteiger charge is 2.52. The normalized spacial score (nSPS) is 30.6. The molecule has 3 fully saturated rings. The summed E-state index contributed by atoms with van der Waals surface area (Å²) in [6, 6.07) is 36.9. The first kappa shape index (κ1) is 67.9. The predicted molar refractivity (Wildman–Crippen MR) is 353 cm³/mol. The zero-order valence-electron chi connectivity index (χ0n) is 51.3. The molecule has 4 aromatic rings. The van der Waals surface area contributed by atoms with Crippen LogP contribution in [0.4, 0.5) is 0 Å². The average molecular weight is 1340 g/mol. The standard InChI is InChI=1S/C54H96O16Si12/c1-14-54(58-53-35-29-50(30-36-53)45-49-27-33-52(34-28-49)57-40-19-42-80(11)66-75(6)61-72(3)62-76(7)67-80)82(13)69-78(9)63-77(8)68-81(12,70-82)43-17-38-55-37-16-15-20-46-21-23-47(24-22-46)44-48-25-31-51(32-26-48)56-39-18-41-79(10)64-73(4)59-71(2)60-74(5)65-79/h21-36,54,71-78H,14-20,37-45H2,1-13H3. The minimum Gasteiger partial charge on any atom is -0.494 e. The lowest BCUT2D eigenvalue weighted by atomic mass is 10.0. The third-order valence-corrected chi connectivity index (χ3v) is 58.6. The van der Waals surface area contributed by atoms with Crippen molar-refractivity contribution in [1.29, 1.82) is 0 Å². The molecule has 3 aliphatic heterocycles. The van der Waals surface area contributed by atoms with Gasteiger partial charge in [-0.25, -0.2) is 0 Å². The Balaban J connectivity index is 0.780. The number of rotatable bonds is 27. The van der Waals surface area contributed by atoms with E-state index >= 15 is 0 Å². The summed E-state index contributed by atoms with van der Waals surface area (Å²) in [6.07, 6.45) is 8.13. The van der Waals surface area contributed by atoms with Crippen LogP contribution in [0, 0.1) is 0 Å². The Morgan fingerprint density at radius 2 is 0.720 bits per heavy atom. The molecule has 0 spiro atoms.